The van der Waals surface area contributed by atoms with Gasteiger partial charge >= 0.3 is 0 Å². The van der Waals surface area contributed by atoms with E-state index in [0.717, 1.165) is 12.2 Å². The Balaban J connectivity index is 1.97. The van der Waals surface area contributed by atoms with Gasteiger partial charge in [-0.25, -0.2) is 8.42 Å². The molecule has 0 amide bonds. The van der Waals surface area contributed by atoms with Gasteiger partial charge in [0, 0.05) is 23.3 Å². The van der Waals surface area contributed by atoms with Gasteiger partial charge in [-0.3, -0.25) is 0 Å². The molecule has 0 spiro atoms. The summed E-state index contributed by atoms with van der Waals surface area (Å²) in [5, 5.41) is 3.31. The van der Waals surface area contributed by atoms with E-state index in [1.54, 1.807) is 6.92 Å². The zero-order valence-corrected chi connectivity index (χ0v) is 12.9. The number of likely N-dealkylation sites (N-methyl/N-ethyl adjacent to an activating group) is 1. The fraction of sp³-hybridized carbons (Fsp3) is 0.600. The van der Waals surface area contributed by atoms with E-state index in [2.05, 4.69) is 11.4 Å². The number of benzene rings is 1. The monoisotopic (exact) mass is 297 g/mol. The second-order valence-electron chi connectivity index (χ2n) is 5.23. The van der Waals surface area contributed by atoms with Gasteiger partial charge < -0.3 is 10.1 Å². The number of fused-ring (bicyclic) bond motifs is 1. The molecule has 0 saturated heterocycles. The highest BCUT2D eigenvalue weighted by molar-refractivity contribution is 7.91. The molecular formula is C15H23NO3S. The zero-order chi connectivity index (χ0) is 14.6. The van der Waals surface area contributed by atoms with E-state index < -0.39 is 9.84 Å². The Hall–Kier alpha value is -1.07. The van der Waals surface area contributed by atoms with Crippen LogP contribution in [0.25, 0.3) is 0 Å². The second-order valence-corrected chi connectivity index (χ2v) is 7.70. The SMILES string of the molecule is CCS(=O)(=O)CCCC(NC)C1COc2ccccc21. The maximum atomic E-state index is 11.5. The van der Waals surface area contributed by atoms with Crippen molar-refractivity contribution in [3.05, 3.63) is 29.8 Å². The lowest BCUT2D eigenvalue weighted by Gasteiger charge is -2.22. The van der Waals surface area contributed by atoms with Crippen LogP contribution in [0.15, 0.2) is 24.3 Å². The van der Waals surface area contributed by atoms with Crippen LogP contribution < -0.4 is 10.1 Å². The molecule has 0 aliphatic carbocycles. The minimum Gasteiger partial charge on any atom is -0.493 e. The lowest BCUT2D eigenvalue weighted by atomic mass is 9.91. The molecule has 1 aliphatic rings. The Morgan fingerprint density at radius 3 is 2.85 bits per heavy atom. The van der Waals surface area contributed by atoms with Crippen molar-refractivity contribution in [3.8, 4) is 5.75 Å². The average Bonchev–Trinajstić information content (AvgIpc) is 2.87. The van der Waals surface area contributed by atoms with Crippen molar-refractivity contribution in [1.29, 1.82) is 0 Å². The van der Waals surface area contributed by atoms with Crippen molar-refractivity contribution in [3.63, 3.8) is 0 Å². The molecule has 4 nitrogen and oxygen atoms in total. The quantitative estimate of drug-likeness (QED) is 0.836. The predicted octanol–water partition coefficient (Wildman–Crippen LogP) is 1.97. The summed E-state index contributed by atoms with van der Waals surface area (Å²) in [6, 6.07) is 8.34. The van der Waals surface area contributed by atoms with Crippen LogP contribution >= 0.6 is 0 Å². The molecule has 1 N–H and O–H groups in total. The molecule has 0 fully saturated rings. The summed E-state index contributed by atoms with van der Waals surface area (Å²) >= 11 is 0. The topological polar surface area (TPSA) is 55.4 Å². The highest BCUT2D eigenvalue weighted by atomic mass is 32.2. The fourth-order valence-electron chi connectivity index (χ4n) is 2.73. The standard InChI is InChI=1S/C15H23NO3S/c1-3-20(17,18)10-6-8-14(16-2)13-11-19-15-9-5-4-7-12(13)15/h4-5,7,9,13-14,16H,3,6,8,10-11H2,1-2H3. The van der Waals surface area contributed by atoms with Gasteiger partial charge in [0.2, 0.25) is 0 Å². The molecule has 1 aromatic carbocycles. The summed E-state index contributed by atoms with van der Waals surface area (Å²) in [6.45, 7) is 2.37. The highest BCUT2D eigenvalue weighted by Crippen LogP contribution is 2.36. The number of nitrogens with one attached hydrogen (secondary N) is 1. The number of rotatable bonds is 7. The van der Waals surface area contributed by atoms with Crippen LogP contribution in [0.3, 0.4) is 0 Å². The Bertz CT molecular complexity index is 542. The van der Waals surface area contributed by atoms with Crippen molar-refractivity contribution in [2.45, 2.75) is 31.7 Å². The van der Waals surface area contributed by atoms with E-state index in [1.807, 2.05) is 25.2 Å². The van der Waals surface area contributed by atoms with E-state index in [9.17, 15) is 8.42 Å². The summed E-state index contributed by atoms with van der Waals surface area (Å²) in [5.41, 5.74) is 1.23. The van der Waals surface area contributed by atoms with Crippen molar-refractivity contribution in [2.24, 2.45) is 0 Å². The molecule has 2 atom stereocenters. The number of sulfone groups is 1. The Morgan fingerprint density at radius 2 is 2.15 bits per heavy atom. The third kappa shape index (κ3) is 3.52. The van der Waals surface area contributed by atoms with Crippen LogP contribution in [0.5, 0.6) is 5.75 Å². The van der Waals surface area contributed by atoms with Gasteiger partial charge in [0.15, 0.2) is 0 Å². The molecule has 1 heterocycles. The number of hydrogen-bond acceptors (Lipinski definition) is 4. The van der Waals surface area contributed by atoms with E-state index in [-0.39, 0.29) is 17.5 Å². The third-order valence-corrected chi connectivity index (χ3v) is 5.79. The zero-order valence-electron chi connectivity index (χ0n) is 12.1. The van der Waals surface area contributed by atoms with Gasteiger partial charge in [0.1, 0.15) is 15.6 Å². The lowest BCUT2D eigenvalue weighted by molar-refractivity contribution is 0.296. The molecule has 112 valence electrons. The molecule has 2 unspecified atom stereocenters. The third-order valence-electron chi connectivity index (χ3n) is 4.00. The molecule has 0 radical (unpaired) electrons. The molecular weight excluding hydrogens is 274 g/mol. The van der Waals surface area contributed by atoms with Gasteiger partial charge in [0.05, 0.1) is 12.4 Å². The lowest BCUT2D eigenvalue weighted by Crippen LogP contribution is -2.33. The van der Waals surface area contributed by atoms with E-state index in [4.69, 9.17) is 4.74 Å². The van der Waals surface area contributed by atoms with Crippen molar-refractivity contribution in [1.82, 2.24) is 5.32 Å². The highest BCUT2D eigenvalue weighted by Gasteiger charge is 2.30. The maximum Gasteiger partial charge on any atom is 0.150 e. The largest absolute Gasteiger partial charge is 0.493 e. The number of ether oxygens (including phenoxy) is 1. The van der Waals surface area contributed by atoms with E-state index in [0.29, 0.717) is 18.9 Å². The summed E-state index contributed by atoms with van der Waals surface area (Å²) in [5.74, 6) is 1.77. The van der Waals surface area contributed by atoms with Crippen molar-refractivity contribution >= 4 is 9.84 Å². The van der Waals surface area contributed by atoms with Crippen molar-refractivity contribution in [2.75, 3.05) is 25.2 Å². The average molecular weight is 297 g/mol. The molecule has 0 saturated carbocycles. The Labute approximate surface area is 121 Å². The summed E-state index contributed by atoms with van der Waals surface area (Å²) in [4.78, 5) is 0. The first-order chi connectivity index (χ1) is 9.57. The second kappa shape index (κ2) is 6.59. The van der Waals surface area contributed by atoms with Gasteiger partial charge in [-0.05, 0) is 26.0 Å². The van der Waals surface area contributed by atoms with E-state index >= 15 is 0 Å². The van der Waals surface area contributed by atoms with Gasteiger partial charge in [-0.1, -0.05) is 25.1 Å². The molecule has 1 aromatic rings. The van der Waals surface area contributed by atoms with Crippen LogP contribution in [-0.2, 0) is 9.84 Å². The van der Waals surface area contributed by atoms with Crippen LogP contribution in [0.2, 0.25) is 0 Å². The van der Waals surface area contributed by atoms with Crippen molar-refractivity contribution < 1.29 is 13.2 Å². The maximum absolute atomic E-state index is 11.5. The fourth-order valence-corrected chi connectivity index (χ4v) is 3.63. The molecule has 2 rings (SSSR count). The van der Waals surface area contributed by atoms with Gasteiger partial charge in [-0.15, -0.1) is 0 Å². The molecule has 0 aromatic heterocycles. The first-order valence-electron chi connectivity index (χ1n) is 7.17. The normalized spacial score (nSPS) is 19.4. The Kier molecular flexibility index (Phi) is 5.05. The van der Waals surface area contributed by atoms with Gasteiger partial charge in [-0.2, -0.15) is 0 Å². The first-order valence-corrected chi connectivity index (χ1v) is 8.99. The smallest absolute Gasteiger partial charge is 0.150 e. The minimum absolute atomic E-state index is 0.229. The predicted molar refractivity (Wildman–Crippen MR) is 81.1 cm³/mol. The molecule has 0 bridgehead atoms. The van der Waals surface area contributed by atoms with E-state index in [1.165, 1.54) is 5.56 Å². The van der Waals surface area contributed by atoms with Crippen LogP contribution in [0.4, 0.5) is 0 Å². The van der Waals surface area contributed by atoms with Gasteiger partial charge in [0.25, 0.3) is 0 Å². The summed E-state index contributed by atoms with van der Waals surface area (Å²) in [7, 11) is -0.936. The number of hydrogen-bond donors (Lipinski definition) is 1. The molecule has 5 heteroatoms. The molecule has 1 aliphatic heterocycles. The molecule has 20 heavy (non-hydrogen) atoms. The minimum atomic E-state index is -2.87. The first kappa shape index (κ1) is 15.3. The summed E-state index contributed by atoms with van der Waals surface area (Å²) < 4.78 is 28.8. The number of para-hydroxylation sites is 1. The van der Waals surface area contributed by atoms with Crippen LogP contribution in [-0.4, -0.2) is 39.6 Å². The van der Waals surface area contributed by atoms with Crippen LogP contribution in [0, 0.1) is 0 Å². The summed E-state index contributed by atoms with van der Waals surface area (Å²) in [6.07, 6.45) is 1.54. The van der Waals surface area contributed by atoms with Crippen LogP contribution in [0.1, 0.15) is 31.2 Å². The Morgan fingerprint density at radius 1 is 1.40 bits per heavy atom.